The number of halogens is 1. The fraction of sp³-hybridized carbons (Fsp3) is 0.556. The number of carbonyl (C=O) groups excluding carboxylic acids is 1. The number of nitrogens with one attached hydrogen (secondary N) is 1. The lowest BCUT2D eigenvalue weighted by molar-refractivity contribution is 0.0765. The lowest BCUT2D eigenvalue weighted by Crippen LogP contribution is -2.31. The molecule has 2 aromatic rings. The summed E-state index contributed by atoms with van der Waals surface area (Å²) in [5.74, 6) is 2.32. The van der Waals surface area contributed by atoms with Gasteiger partial charge in [0.2, 0.25) is 0 Å². The summed E-state index contributed by atoms with van der Waals surface area (Å²) in [7, 11) is 3.21. The lowest BCUT2D eigenvalue weighted by atomic mass is 9.83. The van der Waals surface area contributed by atoms with Crippen LogP contribution in [0.25, 0.3) is 0 Å². The van der Waals surface area contributed by atoms with Gasteiger partial charge < -0.3 is 29.7 Å². The number of aromatic nitrogens is 1. The molecule has 8 nitrogen and oxygen atoms in total. The molecule has 1 saturated carbocycles. The van der Waals surface area contributed by atoms with E-state index in [-0.39, 0.29) is 12.5 Å². The second-order valence-corrected chi connectivity index (χ2v) is 9.34. The summed E-state index contributed by atoms with van der Waals surface area (Å²) in [6.45, 7) is 4.57. The van der Waals surface area contributed by atoms with Crippen molar-refractivity contribution in [1.29, 1.82) is 0 Å². The highest BCUT2D eigenvalue weighted by Crippen LogP contribution is 2.33. The number of aliphatic hydroxyl groups excluding tert-OH is 1. The predicted molar refractivity (Wildman–Crippen MR) is 140 cm³/mol. The zero-order chi connectivity index (χ0) is 26.5. The van der Waals surface area contributed by atoms with Crippen molar-refractivity contribution in [1.82, 2.24) is 10.3 Å². The average Bonchev–Trinajstić information content (AvgIpc) is 2.89. The average molecular weight is 523 g/mol. The highest BCUT2D eigenvalue weighted by atomic mass is 35.5. The van der Waals surface area contributed by atoms with Gasteiger partial charge in [-0.15, -0.1) is 0 Å². The van der Waals surface area contributed by atoms with Crippen LogP contribution in [0, 0.1) is 11.8 Å². The standard InChI is InChI=1S/C26H35ClN2O4.CH4O2/c1-5-20-11-13-23(32-4)25(29-20)24(16-31-3)33-22-12-10-19(14-21(22)27)26(30)28-15-18-8-6-17(2)7-9-18;2-1-3/h10-14,17-18,24H,5-9,15-16H2,1-4H3,(H,28,30);2-3H,1H2/t17?,18?,24-;/m1./s1. The van der Waals surface area contributed by atoms with E-state index in [0.717, 1.165) is 18.0 Å². The minimum absolute atomic E-state index is 0.116. The van der Waals surface area contributed by atoms with Gasteiger partial charge in [-0.25, -0.2) is 4.98 Å². The molecule has 0 radical (unpaired) electrons. The first-order chi connectivity index (χ1) is 17.4. The smallest absolute Gasteiger partial charge is 0.251 e. The van der Waals surface area contributed by atoms with Crippen molar-refractivity contribution in [3.8, 4) is 11.5 Å². The van der Waals surface area contributed by atoms with Crippen LogP contribution in [0.2, 0.25) is 5.02 Å². The summed E-state index contributed by atoms with van der Waals surface area (Å²) < 4.78 is 17.0. The number of hydrogen-bond donors (Lipinski definition) is 3. The third-order valence-corrected chi connectivity index (χ3v) is 6.59. The number of pyridine rings is 1. The van der Waals surface area contributed by atoms with Gasteiger partial charge in [-0.3, -0.25) is 4.79 Å². The number of benzene rings is 1. The quantitative estimate of drug-likeness (QED) is 0.392. The van der Waals surface area contributed by atoms with E-state index < -0.39 is 12.9 Å². The maximum Gasteiger partial charge on any atom is 0.251 e. The Morgan fingerprint density at radius 3 is 2.39 bits per heavy atom. The zero-order valence-corrected chi connectivity index (χ0v) is 22.4. The third kappa shape index (κ3) is 8.92. The third-order valence-electron chi connectivity index (χ3n) is 6.30. The Morgan fingerprint density at radius 2 is 1.81 bits per heavy atom. The van der Waals surface area contributed by atoms with Crippen molar-refractivity contribution in [2.75, 3.05) is 34.2 Å². The molecular formula is C27H39ClN2O6. The normalized spacial score (nSPS) is 18.0. The van der Waals surface area contributed by atoms with Gasteiger partial charge in [0, 0.05) is 24.9 Å². The van der Waals surface area contributed by atoms with Gasteiger partial charge in [-0.1, -0.05) is 38.3 Å². The molecule has 1 amide bonds. The Morgan fingerprint density at radius 1 is 1.14 bits per heavy atom. The monoisotopic (exact) mass is 522 g/mol. The number of aryl methyl sites for hydroxylation is 1. The Bertz CT molecular complexity index is 950. The summed E-state index contributed by atoms with van der Waals surface area (Å²) in [5, 5.41) is 17.7. The van der Waals surface area contributed by atoms with E-state index in [4.69, 9.17) is 36.0 Å². The molecule has 0 aliphatic heterocycles. The van der Waals surface area contributed by atoms with Crippen molar-refractivity contribution in [3.63, 3.8) is 0 Å². The summed E-state index contributed by atoms with van der Waals surface area (Å²) in [6.07, 6.45) is 5.10. The maximum absolute atomic E-state index is 12.7. The minimum Gasteiger partial charge on any atom is -0.495 e. The number of ether oxygens (including phenoxy) is 3. The zero-order valence-electron chi connectivity index (χ0n) is 21.6. The largest absolute Gasteiger partial charge is 0.495 e. The van der Waals surface area contributed by atoms with Crippen LogP contribution in [-0.4, -0.2) is 55.3 Å². The number of rotatable bonds is 10. The van der Waals surface area contributed by atoms with Crippen molar-refractivity contribution in [2.45, 2.75) is 52.1 Å². The Labute approximate surface area is 218 Å². The first-order valence-corrected chi connectivity index (χ1v) is 12.7. The topological polar surface area (TPSA) is 110 Å². The molecule has 1 aromatic heterocycles. The molecule has 1 aliphatic rings. The minimum atomic E-state index is -0.750. The summed E-state index contributed by atoms with van der Waals surface area (Å²) in [4.78, 5) is 17.3. The molecule has 9 heteroatoms. The van der Waals surface area contributed by atoms with E-state index in [1.807, 2.05) is 19.1 Å². The highest BCUT2D eigenvalue weighted by Gasteiger charge is 2.23. The molecule has 0 saturated heterocycles. The van der Waals surface area contributed by atoms with Crippen LogP contribution >= 0.6 is 11.6 Å². The summed E-state index contributed by atoms with van der Waals surface area (Å²) in [5.41, 5.74) is 2.10. The molecule has 1 aromatic carbocycles. The molecule has 3 N–H and O–H groups in total. The van der Waals surface area contributed by atoms with Gasteiger partial charge in [0.05, 0.1) is 18.7 Å². The number of nitrogens with zero attached hydrogens (tertiary/aromatic N) is 1. The number of aliphatic hydroxyl groups is 2. The van der Waals surface area contributed by atoms with Gasteiger partial charge in [0.15, 0.2) is 6.10 Å². The predicted octanol–water partition coefficient (Wildman–Crippen LogP) is 4.56. The van der Waals surface area contributed by atoms with Crippen LogP contribution in [0.4, 0.5) is 0 Å². The highest BCUT2D eigenvalue weighted by molar-refractivity contribution is 6.32. The lowest BCUT2D eigenvalue weighted by Gasteiger charge is -2.26. The maximum atomic E-state index is 12.7. The molecule has 200 valence electrons. The molecular weight excluding hydrogens is 484 g/mol. The Balaban J connectivity index is 0.00000145. The van der Waals surface area contributed by atoms with Crippen molar-refractivity contribution < 1.29 is 29.2 Å². The summed E-state index contributed by atoms with van der Waals surface area (Å²) in [6, 6.07) is 8.91. The molecule has 36 heavy (non-hydrogen) atoms. The molecule has 1 fully saturated rings. The SMILES string of the molecule is CCc1ccc(OC)c([C@@H](COC)Oc2ccc(C(=O)NCC3CCC(C)CC3)cc2Cl)n1.OCO. The Kier molecular flexibility index (Phi) is 13.0. The van der Waals surface area contributed by atoms with E-state index in [0.29, 0.717) is 40.2 Å². The van der Waals surface area contributed by atoms with E-state index in [2.05, 4.69) is 17.2 Å². The van der Waals surface area contributed by atoms with E-state index in [1.54, 1.807) is 32.4 Å². The van der Waals surface area contributed by atoms with Crippen molar-refractivity contribution in [3.05, 3.63) is 52.3 Å². The fourth-order valence-corrected chi connectivity index (χ4v) is 4.41. The van der Waals surface area contributed by atoms with Crippen LogP contribution in [0.3, 0.4) is 0 Å². The van der Waals surface area contributed by atoms with E-state index in [1.165, 1.54) is 25.7 Å². The fourth-order valence-electron chi connectivity index (χ4n) is 4.19. The van der Waals surface area contributed by atoms with Crippen molar-refractivity contribution in [2.24, 2.45) is 11.8 Å². The second-order valence-electron chi connectivity index (χ2n) is 8.93. The van der Waals surface area contributed by atoms with Crippen LogP contribution in [0.5, 0.6) is 11.5 Å². The van der Waals surface area contributed by atoms with Crippen molar-refractivity contribution >= 4 is 17.5 Å². The van der Waals surface area contributed by atoms with Gasteiger partial charge in [0.1, 0.15) is 24.0 Å². The molecule has 1 aliphatic carbocycles. The first-order valence-electron chi connectivity index (χ1n) is 12.4. The molecule has 1 heterocycles. The van der Waals surface area contributed by atoms with Crippen LogP contribution in [-0.2, 0) is 11.2 Å². The number of amides is 1. The van der Waals surface area contributed by atoms with Crippen LogP contribution in [0.1, 0.15) is 67.4 Å². The van der Waals surface area contributed by atoms with Gasteiger partial charge >= 0.3 is 0 Å². The molecule has 3 rings (SSSR count). The number of methoxy groups -OCH3 is 2. The summed E-state index contributed by atoms with van der Waals surface area (Å²) >= 11 is 6.50. The first kappa shape index (κ1) is 29.8. The molecule has 0 spiro atoms. The van der Waals surface area contributed by atoms with Gasteiger partial charge in [-0.05, 0) is 61.4 Å². The van der Waals surface area contributed by atoms with Crippen LogP contribution in [0.15, 0.2) is 30.3 Å². The number of carbonyl (C=O) groups is 1. The van der Waals surface area contributed by atoms with Gasteiger partial charge in [-0.2, -0.15) is 0 Å². The Hall–Kier alpha value is -2.39. The van der Waals surface area contributed by atoms with E-state index in [9.17, 15) is 4.79 Å². The van der Waals surface area contributed by atoms with Crippen LogP contribution < -0.4 is 14.8 Å². The second kappa shape index (κ2) is 15.7. The van der Waals surface area contributed by atoms with E-state index >= 15 is 0 Å². The number of hydrogen-bond acceptors (Lipinski definition) is 7. The molecule has 0 bridgehead atoms. The van der Waals surface area contributed by atoms with Gasteiger partial charge in [0.25, 0.3) is 5.91 Å². The molecule has 0 unspecified atom stereocenters. The molecule has 1 atom stereocenters.